The summed E-state index contributed by atoms with van der Waals surface area (Å²) in [5, 5.41) is 0. The van der Waals surface area contributed by atoms with Gasteiger partial charge in [0.05, 0.1) is 6.04 Å². The SMILES string of the molecule is CCc1ccc(C(=O)C(N)Cc2ccccc2)cc1. The summed E-state index contributed by atoms with van der Waals surface area (Å²) in [4.78, 5) is 12.2. The first-order chi connectivity index (χ1) is 9.20. The third-order valence-electron chi connectivity index (χ3n) is 3.28. The predicted molar refractivity (Wildman–Crippen MR) is 78.3 cm³/mol. The largest absolute Gasteiger partial charge is 0.321 e. The number of carbonyl (C=O) groups is 1. The van der Waals surface area contributed by atoms with Crippen LogP contribution in [0.4, 0.5) is 0 Å². The molecule has 2 N–H and O–H groups in total. The first-order valence-corrected chi connectivity index (χ1v) is 6.63. The number of hydrogen-bond donors (Lipinski definition) is 1. The minimum atomic E-state index is -0.477. The Hall–Kier alpha value is -1.93. The van der Waals surface area contributed by atoms with E-state index < -0.39 is 6.04 Å². The van der Waals surface area contributed by atoms with Crippen LogP contribution in [0.2, 0.25) is 0 Å². The lowest BCUT2D eigenvalue weighted by Gasteiger charge is -2.11. The molecule has 0 saturated carbocycles. The first kappa shape index (κ1) is 13.5. The molecule has 0 fully saturated rings. The molecule has 2 rings (SSSR count). The van der Waals surface area contributed by atoms with Crippen LogP contribution in [0.1, 0.15) is 28.4 Å². The van der Waals surface area contributed by atoms with Crippen molar-refractivity contribution in [3.63, 3.8) is 0 Å². The molecule has 2 aromatic carbocycles. The number of aryl methyl sites for hydroxylation is 1. The van der Waals surface area contributed by atoms with Crippen LogP contribution >= 0.6 is 0 Å². The molecule has 0 spiro atoms. The molecule has 0 amide bonds. The molecule has 0 radical (unpaired) electrons. The Morgan fingerprint density at radius 2 is 1.63 bits per heavy atom. The summed E-state index contributed by atoms with van der Waals surface area (Å²) < 4.78 is 0. The molecule has 0 aliphatic carbocycles. The molecule has 0 aliphatic heterocycles. The Bertz CT molecular complexity index is 531. The number of hydrogen-bond acceptors (Lipinski definition) is 2. The Balaban J connectivity index is 2.06. The zero-order chi connectivity index (χ0) is 13.7. The van der Waals surface area contributed by atoms with Crippen LogP contribution in [0.3, 0.4) is 0 Å². The van der Waals surface area contributed by atoms with Crippen LogP contribution in [-0.4, -0.2) is 11.8 Å². The third kappa shape index (κ3) is 3.52. The molecular formula is C17H19NO. The van der Waals surface area contributed by atoms with Crippen molar-refractivity contribution in [3.05, 3.63) is 71.3 Å². The maximum absolute atomic E-state index is 12.2. The summed E-state index contributed by atoms with van der Waals surface area (Å²) in [7, 11) is 0. The standard InChI is InChI=1S/C17H19NO/c1-2-13-8-10-15(11-9-13)17(19)16(18)12-14-6-4-3-5-7-14/h3-11,16H,2,12,18H2,1H3. The van der Waals surface area contributed by atoms with Gasteiger partial charge in [-0.2, -0.15) is 0 Å². The second kappa shape index (κ2) is 6.30. The summed E-state index contributed by atoms with van der Waals surface area (Å²) in [5.74, 6) is 0.00602. The number of nitrogens with two attached hydrogens (primary N) is 1. The number of ketones is 1. The van der Waals surface area contributed by atoms with E-state index in [-0.39, 0.29) is 5.78 Å². The van der Waals surface area contributed by atoms with Crippen LogP contribution in [-0.2, 0) is 12.8 Å². The van der Waals surface area contributed by atoms with E-state index in [4.69, 9.17) is 5.73 Å². The second-order valence-corrected chi connectivity index (χ2v) is 4.71. The van der Waals surface area contributed by atoms with Gasteiger partial charge in [0.25, 0.3) is 0 Å². The van der Waals surface area contributed by atoms with Crippen molar-refractivity contribution in [2.75, 3.05) is 0 Å². The van der Waals surface area contributed by atoms with Crippen LogP contribution in [0.15, 0.2) is 54.6 Å². The Labute approximate surface area is 114 Å². The Morgan fingerprint density at radius 1 is 1.00 bits per heavy atom. The highest BCUT2D eigenvalue weighted by Gasteiger charge is 2.15. The highest BCUT2D eigenvalue weighted by atomic mass is 16.1. The summed E-state index contributed by atoms with van der Waals surface area (Å²) in [6.45, 7) is 2.10. The van der Waals surface area contributed by atoms with Crippen molar-refractivity contribution < 1.29 is 4.79 Å². The lowest BCUT2D eigenvalue weighted by Crippen LogP contribution is -2.32. The van der Waals surface area contributed by atoms with E-state index in [0.717, 1.165) is 12.0 Å². The molecule has 0 saturated heterocycles. The normalized spacial score (nSPS) is 12.1. The van der Waals surface area contributed by atoms with Crippen molar-refractivity contribution in [3.8, 4) is 0 Å². The van der Waals surface area contributed by atoms with Gasteiger partial charge in [-0.05, 0) is 24.0 Å². The Kier molecular flexibility index (Phi) is 4.48. The van der Waals surface area contributed by atoms with Crippen molar-refractivity contribution in [2.45, 2.75) is 25.8 Å². The lowest BCUT2D eigenvalue weighted by atomic mass is 9.97. The highest BCUT2D eigenvalue weighted by molar-refractivity contribution is 6.00. The summed E-state index contributed by atoms with van der Waals surface area (Å²) in [5.41, 5.74) is 9.02. The maximum atomic E-state index is 12.2. The van der Waals surface area contributed by atoms with Crippen LogP contribution in [0.5, 0.6) is 0 Å². The van der Waals surface area contributed by atoms with Gasteiger partial charge in [0.1, 0.15) is 0 Å². The van der Waals surface area contributed by atoms with Gasteiger partial charge < -0.3 is 5.73 Å². The van der Waals surface area contributed by atoms with Crippen molar-refractivity contribution in [1.82, 2.24) is 0 Å². The molecule has 0 bridgehead atoms. The number of rotatable bonds is 5. The molecule has 0 aromatic heterocycles. The number of Topliss-reactive ketones (excluding diaryl/α,β-unsaturated/α-hetero) is 1. The molecule has 2 heteroatoms. The predicted octanol–water partition coefficient (Wildman–Crippen LogP) is 3.00. The van der Waals surface area contributed by atoms with Gasteiger partial charge in [-0.15, -0.1) is 0 Å². The average Bonchev–Trinajstić information content (AvgIpc) is 2.47. The van der Waals surface area contributed by atoms with Crippen molar-refractivity contribution in [2.24, 2.45) is 5.73 Å². The van der Waals surface area contributed by atoms with E-state index >= 15 is 0 Å². The quantitative estimate of drug-likeness (QED) is 0.832. The molecule has 0 aliphatic rings. The van der Waals surface area contributed by atoms with Gasteiger partial charge in [0.15, 0.2) is 5.78 Å². The number of carbonyl (C=O) groups excluding carboxylic acids is 1. The van der Waals surface area contributed by atoms with Crippen LogP contribution in [0.25, 0.3) is 0 Å². The zero-order valence-electron chi connectivity index (χ0n) is 11.2. The molecule has 0 heterocycles. The van der Waals surface area contributed by atoms with Gasteiger partial charge in [-0.25, -0.2) is 0 Å². The average molecular weight is 253 g/mol. The molecule has 2 nitrogen and oxygen atoms in total. The molecule has 2 aromatic rings. The van der Waals surface area contributed by atoms with Crippen molar-refractivity contribution >= 4 is 5.78 Å². The second-order valence-electron chi connectivity index (χ2n) is 4.71. The van der Waals surface area contributed by atoms with Gasteiger partial charge in [-0.3, -0.25) is 4.79 Å². The smallest absolute Gasteiger partial charge is 0.179 e. The molecular weight excluding hydrogens is 234 g/mol. The van der Waals surface area contributed by atoms with Gasteiger partial charge in [-0.1, -0.05) is 61.5 Å². The topological polar surface area (TPSA) is 43.1 Å². The zero-order valence-corrected chi connectivity index (χ0v) is 11.2. The summed E-state index contributed by atoms with van der Waals surface area (Å²) in [6.07, 6.45) is 1.56. The van der Waals surface area contributed by atoms with E-state index in [0.29, 0.717) is 12.0 Å². The van der Waals surface area contributed by atoms with Crippen molar-refractivity contribution in [1.29, 1.82) is 0 Å². The van der Waals surface area contributed by atoms with E-state index in [1.807, 2.05) is 54.6 Å². The fourth-order valence-electron chi connectivity index (χ4n) is 2.08. The molecule has 1 unspecified atom stereocenters. The molecule has 1 atom stereocenters. The van der Waals surface area contributed by atoms with Gasteiger partial charge in [0.2, 0.25) is 0 Å². The Morgan fingerprint density at radius 3 is 2.21 bits per heavy atom. The summed E-state index contributed by atoms with van der Waals surface area (Å²) >= 11 is 0. The number of benzene rings is 2. The third-order valence-corrected chi connectivity index (χ3v) is 3.28. The molecule has 98 valence electrons. The van der Waals surface area contributed by atoms with Gasteiger partial charge >= 0.3 is 0 Å². The first-order valence-electron chi connectivity index (χ1n) is 6.63. The fraction of sp³-hybridized carbons (Fsp3) is 0.235. The lowest BCUT2D eigenvalue weighted by molar-refractivity contribution is 0.0961. The minimum Gasteiger partial charge on any atom is -0.321 e. The fourth-order valence-corrected chi connectivity index (χ4v) is 2.08. The monoisotopic (exact) mass is 253 g/mol. The van der Waals surface area contributed by atoms with E-state index in [1.54, 1.807) is 0 Å². The van der Waals surface area contributed by atoms with E-state index in [1.165, 1.54) is 5.56 Å². The minimum absolute atomic E-state index is 0.00602. The maximum Gasteiger partial charge on any atom is 0.179 e. The molecule has 19 heavy (non-hydrogen) atoms. The van der Waals surface area contributed by atoms with Crippen LogP contribution < -0.4 is 5.73 Å². The van der Waals surface area contributed by atoms with E-state index in [2.05, 4.69) is 6.92 Å². The summed E-state index contributed by atoms with van der Waals surface area (Å²) in [6, 6.07) is 17.1. The van der Waals surface area contributed by atoms with Crippen LogP contribution in [0, 0.1) is 0 Å². The highest BCUT2D eigenvalue weighted by Crippen LogP contribution is 2.10. The van der Waals surface area contributed by atoms with Gasteiger partial charge in [0, 0.05) is 5.56 Å². The van der Waals surface area contributed by atoms with E-state index in [9.17, 15) is 4.79 Å².